The molecule has 0 aliphatic carbocycles. The van der Waals surface area contributed by atoms with Gasteiger partial charge in [-0.2, -0.15) is 0 Å². The average molecular weight is 353 g/mol. The molecule has 0 bridgehead atoms. The Kier molecular flexibility index (Phi) is 5.33. The van der Waals surface area contributed by atoms with Crippen molar-refractivity contribution in [2.75, 3.05) is 18.5 Å². The van der Waals surface area contributed by atoms with Crippen molar-refractivity contribution in [2.45, 2.75) is 6.42 Å². The minimum absolute atomic E-state index is 0.737. The molecule has 2 aromatic rings. The van der Waals surface area contributed by atoms with Crippen LogP contribution in [0.3, 0.4) is 0 Å². The first kappa shape index (κ1) is 13.2. The number of halogens is 1. The van der Waals surface area contributed by atoms with Crippen LogP contribution in [0.2, 0.25) is 0 Å². The number of hydrogen-bond acceptors (Lipinski definition) is 2. The number of para-hydroxylation sites is 2. The van der Waals surface area contributed by atoms with E-state index in [0.717, 1.165) is 25.3 Å². The Bertz CT molecular complexity index is 473. The SMILES string of the molecule is Ic1ccccc1NCCCOc1ccccc1. The maximum absolute atomic E-state index is 5.63. The Labute approximate surface area is 122 Å². The van der Waals surface area contributed by atoms with E-state index in [1.165, 1.54) is 9.26 Å². The van der Waals surface area contributed by atoms with Crippen LogP contribution in [0.1, 0.15) is 6.42 Å². The van der Waals surface area contributed by atoms with Gasteiger partial charge in [0.2, 0.25) is 0 Å². The van der Waals surface area contributed by atoms with E-state index in [1.54, 1.807) is 0 Å². The van der Waals surface area contributed by atoms with Crippen molar-refractivity contribution in [2.24, 2.45) is 0 Å². The van der Waals surface area contributed by atoms with Crippen molar-refractivity contribution in [3.8, 4) is 5.75 Å². The van der Waals surface area contributed by atoms with Crippen molar-refractivity contribution in [3.05, 3.63) is 58.2 Å². The number of benzene rings is 2. The smallest absolute Gasteiger partial charge is 0.119 e. The van der Waals surface area contributed by atoms with Gasteiger partial charge in [0, 0.05) is 15.8 Å². The third-order valence-corrected chi connectivity index (χ3v) is 3.46. The van der Waals surface area contributed by atoms with Crippen molar-refractivity contribution in [3.63, 3.8) is 0 Å². The van der Waals surface area contributed by atoms with Gasteiger partial charge >= 0.3 is 0 Å². The zero-order valence-electron chi connectivity index (χ0n) is 10.1. The van der Waals surface area contributed by atoms with Gasteiger partial charge < -0.3 is 10.1 Å². The van der Waals surface area contributed by atoms with Crippen molar-refractivity contribution >= 4 is 28.3 Å². The van der Waals surface area contributed by atoms with Gasteiger partial charge in [-0.25, -0.2) is 0 Å². The second-order valence-electron chi connectivity index (χ2n) is 3.92. The second-order valence-corrected chi connectivity index (χ2v) is 5.08. The highest BCUT2D eigenvalue weighted by Crippen LogP contribution is 2.16. The van der Waals surface area contributed by atoms with Crippen LogP contribution in [0.25, 0.3) is 0 Å². The van der Waals surface area contributed by atoms with Gasteiger partial charge in [0.1, 0.15) is 5.75 Å². The molecule has 0 fully saturated rings. The van der Waals surface area contributed by atoms with Gasteiger partial charge in [-0.3, -0.25) is 0 Å². The molecule has 0 amide bonds. The molecule has 3 heteroatoms. The zero-order chi connectivity index (χ0) is 12.6. The Morgan fingerprint density at radius 2 is 1.67 bits per heavy atom. The van der Waals surface area contributed by atoms with Crippen LogP contribution in [0.4, 0.5) is 5.69 Å². The Morgan fingerprint density at radius 3 is 2.44 bits per heavy atom. The molecule has 0 saturated heterocycles. The largest absolute Gasteiger partial charge is 0.494 e. The van der Waals surface area contributed by atoms with Crippen LogP contribution in [0.15, 0.2) is 54.6 Å². The van der Waals surface area contributed by atoms with Crippen LogP contribution in [0.5, 0.6) is 5.75 Å². The molecule has 0 spiro atoms. The summed E-state index contributed by atoms with van der Waals surface area (Å²) in [7, 11) is 0. The molecule has 0 unspecified atom stereocenters. The molecule has 1 N–H and O–H groups in total. The summed E-state index contributed by atoms with van der Waals surface area (Å²) in [5, 5.41) is 3.41. The molecular weight excluding hydrogens is 337 g/mol. The summed E-state index contributed by atoms with van der Waals surface area (Å²) in [5.41, 5.74) is 1.19. The first-order chi connectivity index (χ1) is 8.86. The predicted molar refractivity (Wildman–Crippen MR) is 84.2 cm³/mol. The maximum Gasteiger partial charge on any atom is 0.119 e. The lowest BCUT2D eigenvalue weighted by Crippen LogP contribution is -2.07. The van der Waals surface area contributed by atoms with Gasteiger partial charge in [0.25, 0.3) is 0 Å². The summed E-state index contributed by atoms with van der Waals surface area (Å²) < 4.78 is 6.88. The van der Waals surface area contributed by atoms with E-state index in [-0.39, 0.29) is 0 Å². The second kappa shape index (κ2) is 7.26. The molecule has 2 aromatic carbocycles. The number of hydrogen-bond donors (Lipinski definition) is 1. The number of nitrogens with one attached hydrogen (secondary N) is 1. The predicted octanol–water partition coefficient (Wildman–Crippen LogP) is 4.17. The standard InChI is InChI=1S/C15H16INO/c16-14-9-4-5-10-15(14)17-11-6-12-18-13-7-2-1-3-8-13/h1-5,7-10,17H,6,11-12H2. The lowest BCUT2D eigenvalue weighted by atomic mass is 10.3. The third kappa shape index (κ3) is 4.22. The van der Waals surface area contributed by atoms with Gasteiger partial charge in [0.05, 0.1) is 6.61 Å². The van der Waals surface area contributed by atoms with Crippen molar-refractivity contribution in [1.82, 2.24) is 0 Å². The molecule has 2 nitrogen and oxygen atoms in total. The molecule has 0 aliphatic rings. The Morgan fingerprint density at radius 1 is 0.944 bits per heavy atom. The fourth-order valence-electron chi connectivity index (χ4n) is 1.61. The maximum atomic E-state index is 5.63. The van der Waals surface area contributed by atoms with Crippen LogP contribution >= 0.6 is 22.6 Å². The summed E-state index contributed by atoms with van der Waals surface area (Å²) in [5.74, 6) is 0.937. The fourth-order valence-corrected chi connectivity index (χ4v) is 2.18. The van der Waals surface area contributed by atoms with E-state index < -0.39 is 0 Å². The van der Waals surface area contributed by atoms with Gasteiger partial charge in [-0.05, 0) is 53.3 Å². The van der Waals surface area contributed by atoms with Crippen LogP contribution < -0.4 is 10.1 Å². The molecule has 0 heterocycles. The normalized spacial score (nSPS) is 10.1. The van der Waals surface area contributed by atoms with Crippen LogP contribution in [-0.4, -0.2) is 13.2 Å². The van der Waals surface area contributed by atoms with Crippen LogP contribution in [-0.2, 0) is 0 Å². The Hall–Kier alpha value is -1.23. The first-order valence-corrected chi connectivity index (χ1v) is 7.10. The average Bonchev–Trinajstić information content (AvgIpc) is 2.42. The number of rotatable bonds is 6. The molecule has 0 saturated carbocycles. The van der Waals surface area contributed by atoms with Gasteiger partial charge in [-0.15, -0.1) is 0 Å². The summed E-state index contributed by atoms with van der Waals surface area (Å²) in [6.45, 7) is 1.66. The Balaban J connectivity index is 1.66. The summed E-state index contributed by atoms with van der Waals surface area (Å²) in [4.78, 5) is 0. The zero-order valence-corrected chi connectivity index (χ0v) is 12.3. The van der Waals surface area contributed by atoms with E-state index in [1.807, 2.05) is 42.5 Å². The van der Waals surface area contributed by atoms with E-state index in [2.05, 4.69) is 40.0 Å². The molecule has 0 radical (unpaired) electrons. The third-order valence-electron chi connectivity index (χ3n) is 2.52. The van der Waals surface area contributed by atoms with Gasteiger partial charge in [-0.1, -0.05) is 30.3 Å². The first-order valence-electron chi connectivity index (χ1n) is 6.02. The number of ether oxygens (including phenoxy) is 1. The highest BCUT2D eigenvalue weighted by molar-refractivity contribution is 14.1. The van der Waals surface area contributed by atoms with Crippen molar-refractivity contribution in [1.29, 1.82) is 0 Å². The molecule has 0 atom stereocenters. The van der Waals surface area contributed by atoms with E-state index in [4.69, 9.17) is 4.74 Å². The molecule has 94 valence electrons. The van der Waals surface area contributed by atoms with E-state index in [0.29, 0.717) is 0 Å². The molecule has 0 aromatic heterocycles. The fraction of sp³-hybridized carbons (Fsp3) is 0.200. The van der Waals surface area contributed by atoms with E-state index in [9.17, 15) is 0 Å². The summed E-state index contributed by atoms with van der Waals surface area (Å²) in [6, 6.07) is 18.2. The monoisotopic (exact) mass is 353 g/mol. The quantitative estimate of drug-likeness (QED) is 0.622. The lowest BCUT2D eigenvalue weighted by Gasteiger charge is -2.09. The topological polar surface area (TPSA) is 21.3 Å². The molecule has 18 heavy (non-hydrogen) atoms. The molecule has 0 aliphatic heterocycles. The highest BCUT2D eigenvalue weighted by Gasteiger charge is 1.96. The minimum atomic E-state index is 0.737. The van der Waals surface area contributed by atoms with Gasteiger partial charge in [0.15, 0.2) is 0 Å². The lowest BCUT2D eigenvalue weighted by molar-refractivity contribution is 0.315. The minimum Gasteiger partial charge on any atom is -0.494 e. The summed E-state index contributed by atoms with van der Waals surface area (Å²) in [6.07, 6.45) is 0.986. The molecule has 2 rings (SSSR count). The van der Waals surface area contributed by atoms with E-state index >= 15 is 0 Å². The van der Waals surface area contributed by atoms with Crippen molar-refractivity contribution < 1.29 is 4.74 Å². The highest BCUT2D eigenvalue weighted by atomic mass is 127. The molecular formula is C15H16INO. The number of anilines is 1. The van der Waals surface area contributed by atoms with Crippen LogP contribution in [0, 0.1) is 3.57 Å². The summed E-state index contributed by atoms with van der Waals surface area (Å²) >= 11 is 2.34.